The minimum absolute atomic E-state index is 0.0235. The quantitative estimate of drug-likeness (QED) is 0.187. The van der Waals surface area contributed by atoms with E-state index in [-0.39, 0.29) is 56.2 Å². The summed E-state index contributed by atoms with van der Waals surface area (Å²) < 4.78 is 68.6. The van der Waals surface area contributed by atoms with Crippen LogP contribution in [0.5, 0.6) is 11.5 Å². The molecular weight excluding hydrogens is 631 g/mol. The van der Waals surface area contributed by atoms with Crippen LogP contribution in [0.1, 0.15) is 28.5 Å². The van der Waals surface area contributed by atoms with Crippen molar-refractivity contribution in [2.75, 3.05) is 20.3 Å². The summed E-state index contributed by atoms with van der Waals surface area (Å²) in [5, 5.41) is 13.7. The number of methoxy groups -OCH3 is 1. The zero-order chi connectivity index (χ0) is 32.2. The summed E-state index contributed by atoms with van der Waals surface area (Å²) in [6, 6.07) is 9.44. The third-order valence-corrected chi connectivity index (χ3v) is 8.08. The lowest BCUT2D eigenvalue weighted by Gasteiger charge is -2.31. The van der Waals surface area contributed by atoms with Gasteiger partial charge in [0.25, 0.3) is 5.91 Å². The molecule has 2 aromatic carbocycles. The van der Waals surface area contributed by atoms with Crippen molar-refractivity contribution in [3.63, 3.8) is 0 Å². The van der Waals surface area contributed by atoms with Crippen LogP contribution in [0.3, 0.4) is 0 Å². The molecule has 4 N–H and O–H groups in total. The average Bonchev–Trinajstić information content (AvgIpc) is 3.33. The maximum absolute atomic E-state index is 14.7. The van der Waals surface area contributed by atoms with E-state index in [4.69, 9.17) is 38.4 Å². The van der Waals surface area contributed by atoms with E-state index in [0.717, 1.165) is 18.2 Å². The number of nitrogens with one attached hydrogen (secondary N) is 1. The Morgan fingerprint density at radius 1 is 1.14 bits per heavy atom. The Balaban J connectivity index is 1.59. The Bertz CT molecular complexity index is 1820. The minimum Gasteiger partial charge on any atom is -0.494 e. The standard InChI is InChI=1S/C29H22Cl2F4N4O5/c1-27(26(36)41)12-44-23-17(27)10-20(38-22(23)13-3-5-16(32)6-4-13)28(42,29(33,34)35)11-37-25(40)15-7-14-8-18(30)24(31)39-21(14)19(9-15)43-2/h3-10,42H,11-12H2,1-2H3,(H2,36,41)(H,37,40)/t27-,28-/m0/s1. The van der Waals surface area contributed by atoms with Crippen LogP contribution in [0.4, 0.5) is 17.6 Å². The van der Waals surface area contributed by atoms with E-state index in [1.807, 2.05) is 0 Å². The summed E-state index contributed by atoms with van der Waals surface area (Å²) in [6.07, 6.45) is -5.39. The minimum atomic E-state index is -5.39. The van der Waals surface area contributed by atoms with Gasteiger partial charge in [-0.15, -0.1) is 0 Å². The number of rotatable bonds is 7. The van der Waals surface area contributed by atoms with Crippen LogP contribution in [-0.4, -0.2) is 53.3 Å². The van der Waals surface area contributed by atoms with Crippen LogP contribution >= 0.6 is 23.2 Å². The molecule has 9 nitrogen and oxygen atoms in total. The van der Waals surface area contributed by atoms with Gasteiger partial charge in [0.05, 0.1) is 24.4 Å². The number of alkyl halides is 3. The van der Waals surface area contributed by atoms with E-state index in [1.54, 1.807) is 0 Å². The third kappa shape index (κ3) is 5.24. The number of aliphatic hydroxyl groups is 1. The highest BCUT2D eigenvalue weighted by Gasteiger charge is 2.57. The molecule has 0 fully saturated rings. The summed E-state index contributed by atoms with van der Waals surface area (Å²) in [5.41, 5.74) is -0.734. The Morgan fingerprint density at radius 3 is 2.43 bits per heavy atom. The molecule has 3 heterocycles. The second-order valence-corrected chi connectivity index (χ2v) is 11.0. The second kappa shape index (κ2) is 11.1. The lowest BCUT2D eigenvalue weighted by molar-refractivity contribution is -0.265. The van der Waals surface area contributed by atoms with E-state index in [0.29, 0.717) is 5.39 Å². The van der Waals surface area contributed by atoms with Crippen molar-refractivity contribution < 1.29 is 41.7 Å². The number of hydrogen-bond acceptors (Lipinski definition) is 7. The SMILES string of the molecule is COc1cc(C(=O)NC[C@](O)(c2cc3c(c(-c4ccc(F)cc4)n2)OC[C@]3(C)C(N)=O)C(F)(F)F)cc2cc(Cl)c(Cl)nc12. The number of carbonyl (C=O) groups excluding carboxylic acids is 2. The molecule has 0 saturated carbocycles. The lowest BCUT2D eigenvalue weighted by atomic mass is 9.81. The van der Waals surface area contributed by atoms with Crippen LogP contribution < -0.4 is 20.5 Å². The van der Waals surface area contributed by atoms with Gasteiger partial charge in [-0.25, -0.2) is 14.4 Å². The van der Waals surface area contributed by atoms with Gasteiger partial charge in [-0.1, -0.05) is 23.2 Å². The Hall–Kier alpha value is -4.20. The van der Waals surface area contributed by atoms with Crippen LogP contribution in [0.25, 0.3) is 22.2 Å². The highest BCUT2D eigenvalue weighted by Crippen LogP contribution is 2.47. The molecule has 4 aromatic rings. The molecule has 0 aliphatic carbocycles. The predicted molar refractivity (Wildman–Crippen MR) is 152 cm³/mol. The molecule has 0 radical (unpaired) electrons. The Kier molecular flexibility index (Phi) is 7.85. The first-order valence-corrected chi connectivity index (χ1v) is 13.5. The number of benzene rings is 2. The van der Waals surface area contributed by atoms with Crippen molar-refractivity contribution in [3.05, 3.63) is 81.3 Å². The van der Waals surface area contributed by atoms with E-state index < -0.39 is 47.1 Å². The topological polar surface area (TPSA) is 137 Å². The summed E-state index contributed by atoms with van der Waals surface area (Å²) in [7, 11) is 1.30. The highest BCUT2D eigenvalue weighted by molar-refractivity contribution is 6.41. The van der Waals surface area contributed by atoms with Gasteiger partial charge in [0.2, 0.25) is 11.5 Å². The van der Waals surface area contributed by atoms with E-state index in [9.17, 15) is 32.3 Å². The van der Waals surface area contributed by atoms with Gasteiger partial charge in [-0.3, -0.25) is 9.59 Å². The highest BCUT2D eigenvalue weighted by atomic mass is 35.5. The van der Waals surface area contributed by atoms with Crippen LogP contribution in [0, 0.1) is 5.82 Å². The van der Waals surface area contributed by atoms with Gasteiger partial charge in [0.15, 0.2) is 0 Å². The Morgan fingerprint density at radius 2 is 1.82 bits per heavy atom. The van der Waals surface area contributed by atoms with E-state index in [2.05, 4.69) is 15.3 Å². The molecule has 5 rings (SSSR count). The average molecular weight is 653 g/mol. The summed E-state index contributed by atoms with van der Waals surface area (Å²) in [5.74, 6) is -2.49. The summed E-state index contributed by atoms with van der Waals surface area (Å²) >= 11 is 12.0. The molecule has 0 unspecified atom stereocenters. The van der Waals surface area contributed by atoms with Gasteiger partial charge in [0, 0.05) is 22.1 Å². The lowest BCUT2D eigenvalue weighted by Crippen LogP contribution is -2.51. The number of pyridine rings is 2. The maximum Gasteiger partial charge on any atom is 0.424 e. The van der Waals surface area contributed by atoms with Gasteiger partial charge in [-0.2, -0.15) is 13.2 Å². The molecule has 0 spiro atoms. The van der Waals surface area contributed by atoms with Crippen molar-refractivity contribution in [1.82, 2.24) is 15.3 Å². The number of carbonyl (C=O) groups is 2. The number of halogens is 6. The molecule has 44 heavy (non-hydrogen) atoms. The number of hydrogen-bond donors (Lipinski definition) is 3. The first-order chi connectivity index (χ1) is 20.6. The predicted octanol–water partition coefficient (Wildman–Crippen LogP) is 5.07. The number of nitrogens with zero attached hydrogens (tertiary/aromatic N) is 2. The molecule has 230 valence electrons. The number of nitrogens with two attached hydrogens (primary N) is 1. The number of amides is 2. The van der Waals surface area contributed by atoms with Crippen LogP contribution in [-0.2, 0) is 15.8 Å². The molecular formula is C29H22Cl2F4N4O5. The molecule has 2 aromatic heterocycles. The molecule has 0 bridgehead atoms. The van der Waals surface area contributed by atoms with Crippen molar-refractivity contribution in [2.24, 2.45) is 5.73 Å². The normalized spacial score (nSPS) is 17.5. The molecule has 2 atom stereocenters. The van der Waals surface area contributed by atoms with Crippen molar-refractivity contribution in [3.8, 4) is 22.8 Å². The van der Waals surface area contributed by atoms with E-state index in [1.165, 1.54) is 44.4 Å². The van der Waals surface area contributed by atoms with Crippen LogP contribution in [0.15, 0.2) is 48.5 Å². The van der Waals surface area contributed by atoms with Crippen molar-refractivity contribution in [2.45, 2.75) is 24.1 Å². The second-order valence-electron chi connectivity index (χ2n) is 10.3. The monoisotopic (exact) mass is 652 g/mol. The molecule has 1 aliphatic rings. The fourth-order valence-electron chi connectivity index (χ4n) is 4.74. The smallest absolute Gasteiger partial charge is 0.424 e. The maximum atomic E-state index is 14.7. The first kappa shape index (κ1) is 31.2. The third-order valence-electron chi connectivity index (χ3n) is 7.41. The number of fused-ring (bicyclic) bond motifs is 2. The summed E-state index contributed by atoms with van der Waals surface area (Å²) in [4.78, 5) is 33.7. The van der Waals surface area contributed by atoms with Gasteiger partial charge >= 0.3 is 6.18 Å². The first-order valence-electron chi connectivity index (χ1n) is 12.7. The van der Waals surface area contributed by atoms with Gasteiger partial charge < -0.3 is 25.6 Å². The molecule has 2 amide bonds. The molecule has 0 saturated heterocycles. The molecule has 1 aliphatic heterocycles. The Labute approximate surface area is 256 Å². The summed E-state index contributed by atoms with van der Waals surface area (Å²) in [6.45, 7) is -0.334. The zero-order valence-corrected chi connectivity index (χ0v) is 24.4. The van der Waals surface area contributed by atoms with Gasteiger partial charge in [0.1, 0.15) is 45.7 Å². The number of ether oxygens (including phenoxy) is 2. The van der Waals surface area contributed by atoms with Crippen molar-refractivity contribution in [1.29, 1.82) is 0 Å². The largest absolute Gasteiger partial charge is 0.494 e. The van der Waals surface area contributed by atoms with Crippen molar-refractivity contribution >= 4 is 45.9 Å². The van der Waals surface area contributed by atoms with E-state index >= 15 is 0 Å². The number of aromatic nitrogens is 2. The zero-order valence-electron chi connectivity index (χ0n) is 22.9. The number of primary amides is 1. The van der Waals surface area contributed by atoms with Gasteiger partial charge in [-0.05, 0) is 55.5 Å². The molecule has 15 heteroatoms. The fraction of sp³-hybridized carbons (Fsp3) is 0.241. The fourth-order valence-corrected chi connectivity index (χ4v) is 5.04. The van der Waals surface area contributed by atoms with Crippen LogP contribution in [0.2, 0.25) is 10.2 Å².